The van der Waals surface area contributed by atoms with Gasteiger partial charge in [-0.25, -0.2) is 9.37 Å². The van der Waals surface area contributed by atoms with E-state index in [0.717, 1.165) is 29.4 Å². The van der Waals surface area contributed by atoms with Gasteiger partial charge in [-0.1, -0.05) is 19.1 Å². The molecule has 2 heterocycles. The summed E-state index contributed by atoms with van der Waals surface area (Å²) in [6.07, 6.45) is 1.61. The van der Waals surface area contributed by atoms with E-state index >= 15 is 0 Å². The van der Waals surface area contributed by atoms with Gasteiger partial charge in [0.25, 0.3) is 0 Å². The molecule has 0 fully saturated rings. The van der Waals surface area contributed by atoms with Crippen LogP contribution in [0.5, 0.6) is 5.75 Å². The van der Waals surface area contributed by atoms with Crippen LogP contribution in [0.25, 0.3) is 0 Å². The number of halogens is 1. The summed E-state index contributed by atoms with van der Waals surface area (Å²) in [5.74, 6) is 0.876. The van der Waals surface area contributed by atoms with Crippen LogP contribution in [-0.2, 0) is 6.42 Å². The predicted octanol–water partition coefficient (Wildman–Crippen LogP) is 3.18. The molecule has 1 aliphatic heterocycles. The largest absolute Gasteiger partial charge is 0.490 e. The van der Waals surface area contributed by atoms with Gasteiger partial charge in [-0.3, -0.25) is 0 Å². The standard InChI is InChI=1S/C13H14FN3OS/c1-2-11-16-13(19-17-11)15-10-6-7-18-12-8(10)4-3-5-9(12)14/h3-5,10H,2,6-7H2,1H3,(H,15,16,17)/t10-/m0/s1. The fourth-order valence-electron chi connectivity index (χ4n) is 2.14. The molecule has 3 rings (SSSR count). The van der Waals surface area contributed by atoms with Crippen LogP contribution in [0.15, 0.2) is 18.2 Å². The van der Waals surface area contributed by atoms with Gasteiger partial charge in [0.15, 0.2) is 11.6 Å². The Balaban J connectivity index is 1.85. The number of nitrogens with zero attached hydrogens (tertiary/aromatic N) is 2. The van der Waals surface area contributed by atoms with E-state index in [2.05, 4.69) is 14.7 Å². The van der Waals surface area contributed by atoms with Crippen molar-refractivity contribution in [3.63, 3.8) is 0 Å². The average Bonchev–Trinajstić information content (AvgIpc) is 2.88. The lowest BCUT2D eigenvalue weighted by Crippen LogP contribution is -2.21. The number of aryl methyl sites for hydroxylation is 1. The van der Waals surface area contributed by atoms with Gasteiger partial charge in [-0.05, 0) is 6.07 Å². The second-order valence-corrected chi connectivity index (χ2v) is 5.11. The molecule has 4 nitrogen and oxygen atoms in total. The normalized spacial score (nSPS) is 17.7. The summed E-state index contributed by atoms with van der Waals surface area (Å²) in [6.45, 7) is 2.52. The van der Waals surface area contributed by atoms with Crippen molar-refractivity contribution in [3.05, 3.63) is 35.4 Å². The molecular formula is C13H14FN3OS. The minimum atomic E-state index is -0.310. The zero-order chi connectivity index (χ0) is 13.2. The second kappa shape index (κ2) is 5.13. The molecule has 100 valence electrons. The summed E-state index contributed by atoms with van der Waals surface area (Å²) in [5, 5.41) is 4.09. The summed E-state index contributed by atoms with van der Waals surface area (Å²) in [5.41, 5.74) is 0.847. The quantitative estimate of drug-likeness (QED) is 0.937. The number of fused-ring (bicyclic) bond motifs is 1. The van der Waals surface area contributed by atoms with Gasteiger partial charge in [0.05, 0.1) is 12.6 Å². The van der Waals surface area contributed by atoms with Crippen LogP contribution in [0.3, 0.4) is 0 Å². The molecule has 0 saturated carbocycles. The van der Waals surface area contributed by atoms with E-state index in [4.69, 9.17) is 4.74 Å². The summed E-state index contributed by atoms with van der Waals surface area (Å²) >= 11 is 1.34. The predicted molar refractivity (Wildman–Crippen MR) is 72.2 cm³/mol. The third kappa shape index (κ3) is 2.40. The first kappa shape index (κ1) is 12.3. The molecule has 1 aromatic carbocycles. The summed E-state index contributed by atoms with van der Waals surface area (Å²) in [7, 11) is 0. The van der Waals surface area contributed by atoms with Crippen molar-refractivity contribution in [2.75, 3.05) is 11.9 Å². The van der Waals surface area contributed by atoms with Crippen molar-refractivity contribution in [2.45, 2.75) is 25.8 Å². The minimum Gasteiger partial charge on any atom is -0.490 e. The third-order valence-electron chi connectivity index (χ3n) is 3.11. The Morgan fingerprint density at radius 3 is 3.21 bits per heavy atom. The van der Waals surface area contributed by atoms with Crippen molar-refractivity contribution < 1.29 is 9.13 Å². The lowest BCUT2D eigenvalue weighted by molar-refractivity contribution is 0.260. The Labute approximate surface area is 114 Å². The molecule has 0 amide bonds. The SMILES string of the molecule is CCc1nsc(N[C@H]2CCOc3c(F)cccc32)n1. The van der Waals surface area contributed by atoms with Gasteiger partial charge in [0, 0.05) is 29.9 Å². The molecule has 0 radical (unpaired) electrons. The first-order chi connectivity index (χ1) is 9.28. The van der Waals surface area contributed by atoms with Crippen molar-refractivity contribution in [2.24, 2.45) is 0 Å². The van der Waals surface area contributed by atoms with E-state index < -0.39 is 0 Å². The van der Waals surface area contributed by atoms with Crippen LogP contribution in [0.1, 0.15) is 30.8 Å². The minimum absolute atomic E-state index is 0.0251. The van der Waals surface area contributed by atoms with E-state index in [1.807, 2.05) is 13.0 Å². The molecule has 19 heavy (non-hydrogen) atoms. The number of aromatic nitrogens is 2. The zero-order valence-electron chi connectivity index (χ0n) is 10.5. The Bertz CT molecular complexity index is 587. The number of rotatable bonds is 3. The highest BCUT2D eigenvalue weighted by atomic mass is 32.1. The molecule has 1 aromatic heterocycles. The van der Waals surface area contributed by atoms with Crippen molar-refractivity contribution >= 4 is 16.7 Å². The van der Waals surface area contributed by atoms with Gasteiger partial charge in [-0.15, -0.1) is 0 Å². The first-order valence-electron chi connectivity index (χ1n) is 6.28. The van der Waals surface area contributed by atoms with Crippen molar-refractivity contribution in [1.82, 2.24) is 9.36 Å². The van der Waals surface area contributed by atoms with Gasteiger partial charge in [0.1, 0.15) is 5.82 Å². The highest BCUT2D eigenvalue weighted by Gasteiger charge is 2.24. The number of para-hydroxylation sites is 1. The van der Waals surface area contributed by atoms with Crippen LogP contribution in [0.4, 0.5) is 9.52 Å². The van der Waals surface area contributed by atoms with Crippen molar-refractivity contribution in [1.29, 1.82) is 0 Å². The number of benzene rings is 1. The molecule has 1 atom stereocenters. The van der Waals surface area contributed by atoms with Gasteiger partial charge >= 0.3 is 0 Å². The highest BCUT2D eigenvalue weighted by Crippen LogP contribution is 2.36. The maximum Gasteiger partial charge on any atom is 0.203 e. The van der Waals surface area contributed by atoms with Crippen LogP contribution >= 0.6 is 11.5 Å². The molecule has 1 N–H and O–H groups in total. The number of anilines is 1. The molecule has 1 aliphatic rings. The fraction of sp³-hybridized carbons (Fsp3) is 0.385. The van der Waals surface area contributed by atoms with Crippen LogP contribution in [-0.4, -0.2) is 16.0 Å². The molecule has 0 unspecified atom stereocenters. The summed E-state index contributed by atoms with van der Waals surface area (Å²) < 4.78 is 23.3. The smallest absolute Gasteiger partial charge is 0.203 e. The monoisotopic (exact) mass is 279 g/mol. The van der Waals surface area contributed by atoms with Crippen LogP contribution in [0, 0.1) is 5.82 Å². The maximum atomic E-state index is 13.7. The summed E-state index contributed by atoms with van der Waals surface area (Å²) in [4.78, 5) is 4.38. The van der Waals surface area contributed by atoms with Gasteiger partial charge in [-0.2, -0.15) is 4.37 Å². The topological polar surface area (TPSA) is 47.0 Å². The third-order valence-corrected chi connectivity index (χ3v) is 3.79. The Kier molecular flexibility index (Phi) is 3.33. The molecule has 0 aliphatic carbocycles. The molecule has 0 saturated heterocycles. The molecule has 6 heteroatoms. The zero-order valence-corrected chi connectivity index (χ0v) is 11.3. The van der Waals surface area contributed by atoms with Crippen molar-refractivity contribution in [3.8, 4) is 5.75 Å². The Hall–Kier alpha value is -1.69. The summed E-state index contributed by atoms with van der Waals surface area (Å²) in [6, 6.07) is 5.03. The number of nitrogens with one attached hydrogen (secondary N) is 1. The van der Waals surface area contributed by atoms with E-state index in [0.29, 0.717) is 12.4 Å². The van der Waals surface area contributed by atoms with Crippen LogP contribution in [0.2, 0.25) is 0 Å². The van der Waals surface area contributed by atoms with E-state index in [-0.39, 0.29) is 11.9 Å². The molecular weight excluding hydrogens is 265 g/mol. The second-order valence-electron chi connectivity index (χ2n) is 4.36. The lowest BCUT2D eigenvalue weighted by Gasteiger charge is -2.26. The average molecular weight is 279 g/mol. The Morgan fingerprint density at radius 2 is 2.42 bits per heavy atom. The van der Waals surface area contributed by atoms with E-state index in [1.165, 1.54) is 17.6 Å². The Morgan fingerprint density at radius 1 is 1.53 bits per heavy atom. The highest BCUT2D eigenvalue weighted by molar-refractivity contribution is 7.09. The molecule has 0 bridgehead atoms. The number of hydrogen-bond acceptors (Lipinski definition) is 5. The van der Waals surface area contributed by atoms with Gasteiger partial charge in [0.2, 0.25) is 5.13 Å². The first-order valence-corrected chi connectivity index (χ1v) is 7.05. The maximum absolute atomic E-state index is 13.7. The number of hydrogen-bond donors (Lipinski definition) is 1. The number of ether oxygens (including phenoxy) is 1. The molecule has 2 aromatic rings. The fourth-order valence-corrected chi connectivity index (χ4v) is 2.84. The molecule has 0 spiro atoms. The van der Waals surface area contributed by atoms with E-state index in [1.54, 1.807) is 6.07 Å². The lowest BCUT2D eigenvalue weighted by atomic mass is 10.0. The van der Waals surface area contributed by atoms with E-state index in [9.17, 15) is 4.39 Å². The van der Waals surface area contributed by atoms with Crippen LogP contribution < -0.4 is 10.1 Å². The van der Waals surface area contributed by atoms with Gasteiger partial charge < -0.3 is 10.1 Å².